The van der Waals surface area contributed by atoms with Crippen molar-refractivity contribution in [1.29, 1.82) is 0 Å². The van der Waals surface area contributed by atoms with Gasteiger partial charge in [-0.25, -0.2) is 0 Å². The molecule has 1 aliphatic rings. The maximum absolute atomic E-state index is 10.5. The van der Waals surface area contributed by atoms with Crippen LogP contribution in [0.2, 0.25) is 0 Å². The number of carboxylic acid groups (broad SMARTS) is 1. The molecule has 0 amide bonds. The lowest BCUT2D eigenvalue weighted by molar-refractivity contribution is -0.138. The maximum atomic E-state index is 10.5. The fourth-order valence-corrected chi connectivity index (χ4v) is 2.45. The van der Waals surface area contributed by atoms with Crippen LogP contribution in [-0.4, -0.2) is 11.1 Å². The Hall–Kier alpha value is -1.31. The van der Waals surface area contributed by atoms with E-state index < -0.39 is 5.97 Å². The van der Waals surface area contributed by atoms with E-state index in [0.29, 0.717) is 18.3 Å². The van der Waals surface area contributed by atoms with Crippen molar-refractivity contribution in [1.82, 2.24) is 0 Å². The molecule has 0 radical (unpaired) electrons. The van der Waals surface area contributed by atoms with Crippen LogP contribution in [0.1, 0.15) is 36.3 Å². The molecule has 1 aromatic rings. The van der Waals surface area contributed by atoms with Gasteiger partial charge in [0.05, 0.1) is 0 Å². The van der Waals surface area contributed by atoms with Crippen LogP contribution < -0.4 is 0 Å². The predicted molar refractivity (Wildman–Crippen MR) is 58.9 cm³/mol. The summed E-state index contributed by atoms with van der Waals surface area (Å²) in [5.74, 6) is 0.325. The molecule has 1 saturated carbocycles. The van der Waals surface area contributed by atoms with Crippen molar-refractivity contribution in [2.75, 3.05) is 0 Å². The van der Waals surface area contributed by atoms with E-state index in [1.807, 2.05) is 6.07 Å². The molecule has 2 nitrogen and oxygen atoms in total. The lowest BCUT2D eigenvalue weighted by atomic mass is 9.69. The van der Waals surface area contributed by atoms with Crippen molar-refractivity contribution < 1.29 is 9.90 Å². The zero-order valence-corrected chi connectivity index (χ0v) is 8.94. The summed E-state index contributed by atoms with van der Waals surface area (Å²) >= 11 is 0. The van der Waals surface area contributed by atoms with Gasteiger partial charge in [-0.15, -0.1) is 0 Å². The first kappa shape index (κ1) is 10.2. The molecule has 0 spiro atoms. The van der Waals surface area contributed by atoms with Crippen LogP contribution in [0.15, 0.2) is 24.3 Å². The second kappa shape index (κ2) is 4.05. The highest BCUT2D eigenvalue weighted by atomic mass is 16.4. The van der Waals surface area contributed by atoms with Gasteiger partial charge in [0.1, 0.15) is 0 Å². The molecule has 0 aliphatic heterocycles. The van der Waals surface area contributed by atoms with Crippen molar-refractivity contribution in [3.8, 4) is 0 Å². The van der Waals surface area contributed by atoms with Crippen LogP contribution in [0, 0.1) is 12.8 Å². The van der Waals surface area contributed by atoms with E-state index in [1.165, 1.54) is 11.1 Å². The number of carbonyl (C=O) groups is 1. The Bertz CT molecular complexity index is 365. The van der Waals surface area contributed by atoms with Crippen LogP contribution in [0.25, 0.3) is 0 Å². The summed E-state index contributed by atoms with van der Waals surface area (Å²) in [5.41, 5.74) is 2.73. The SMILES string of the molecule is Cc1ccccc1C1CC(CC(=O)O)C1. The molecule has 0 heterocycles. The molecular formula is C13H16O2. The third kappa shape index (κ3) is 2.20. The summed E-state index contributed by atoms with van der Waals surface area (Å²) in [4.78, 5) is 10.5. The highest BCUT2D eigenvalue weighted by Crippen LogP contribution is 2.44. The minimum atomic E-state index is -0.664. The Morgan fingerprint density at radius 1 is 1.40 bits per heavy atom. The van der Waals surface area contributed by atoms with Gasteiger partial charge in [-0.2, -0.15) is 0 Å². The molecule has 0 atom stereocenters. The van der Waals surface area contributed by atoms with Gasteiger partial charge in [0.15, 0.2) is 0 Å². The van der Waals surface area contributed by atoms with E-state index in [-0.39, 0.29) is 0 Å². The monoisotopic (exact) mass is 204 g/mol. The summed E-state index contributed by atoms with van der Waals surface area (Å²) < 4.78 is 0. The van der Waals surface area contributed by atoms with E-state index in [1.54, 1.807) is 0 Å². The second-order valence-corrected chi connectivity index (χ2v) is 4.49. The van der Waals surface area contributed by atoms with E-state index in [0.717, 1.165) is 12.8 Å². The van der Waals surface area contributed by atoms with Crippen molar-refractivity contribution in [2.24, 2.45) is 5.92 Å². The van der Waals surface area contributed by atoms with Crippen LogP contribution in [0.4, 0.5) is 0 Å². The molecule has 0 aromatic heterocycles. The smallest absolute Gasteiger partial charge is 0.303 e. The largest absolute Gasteiger partial charge is 0.481 e. The van der Waals surface area contributed by atoms with Gasteiger partial charge < -0.3 is 5.11 Å². The molecule has 1 aromatic carbocycles. The van der Waals surface area contributed by atoms with Gasteiger partial charge in [-0.05, 0) is 42.7 Å². The first-order valence-corrected chi connectivity index (χ1v) is 5.44. The van der Waals surface area contributed by atoms with Crippen LogP contribution in [0.3, 0.4) is 0 Å². The average molecular weight is 204 g/mol. The molecule has 15 heavy (non-hydrogen) atoms. The quantitative estimate of drug-likeness (QED) is 0.821. The fraction of sp³-hybridized carbons (Fsp3) is 0.462. The number of aryl methyl sites for hydroxylation is 1. The van der Waals surface area contributed by atoms with E-state index in [9.17, 15) is 4.79 Å². The van der Waals surface area contributed by atoms with Gasteiger partial charge in [-0.1, -0.05) is 24.3 Å². The molecule has 1 N–H and O–H groups in total. The predicted octanol–water partition coefficient (Wildman–Crippen LogP) is 2.96. The van der Waals surface area contributed by atoms with Crippen LogP contribution in [0.5, 0.6) is 0 Å². The van der Waals surface area contributed by atoms with Crippen LogP contribution in [-0.2, 0) is 4.79 Å². The molecule has 80 valence electrons. The van der Waals surface area contributed by atoms with Gasteiger partial charge >= 0.3 is 5.97 Å². The zero-order valence-electron chi connectivity index (χ0n) is 8.94. The van der Waals surface area contributed by atoms with Crippen LogP contribution >= 0.6 is 0 Å². The summed E-state index contributed by atoms with van der Waals surface area (Å²) in [5, 5.41) is 8.66. The Balaban J connectivity index is 1.95. The lowest BCUT2D eigenvalue weighted by Gasteiger charge is -2.35. The Labute approximate surface area is 89.9 Å². The van der Waals surface area contributed by atoms with Gasteiger partial charge in [0.2, 0.25) is 0 Å². The number of benzene rings is 1. The number of hydrogen-bond donors (Lipinski definition) is 1. The molecule has 1 aliphatic carbocycles. The van der Waals surface area contributed by atoms with Gasteiger partial charge in [0.25, 0.3) is 0 Å². The third-order valence-corrected chi connectivity index (χ3v) is 3.33. The standard InChI is InChI=1S/C13H16O2/c1-9-4-2-3-5-12(9)11-6-10(7-11)8-13(14)15/h2-5,10-11H,6-8H2,1H3,(H,14,15). The van der Waals surface area contributed by atoms with Gasteiger partial charge in [0, 0.05) is 6.42 Å². The molecule has 0 bridgehead atoms. The van der Waals surface area contributed by atoms with Crippen molar-refractivity contribution >= 4 is 5.97 Å². The van der Waals surface area contributed by atoms with Crippen molar-refractivity contribution in [3.05, 3.63) is 35.4 Å². The summed E-state index contributed by atoms with van der Waals surface area (Å²) in [6.45, 7) is 2.12. The minimum absolute atomic E-state index is 0.336. The molecule has 2 rings (SSSR count). The summed E-state index contributed by atoms with van der Waals surface area (Å²) in [7, 11) is 0. The van der Waals surface area contributed by atoms with Crippen molar-refractivity contribution in [2.45, 2.75) is 32.1 Å². The molecule has 2 heteroatoms. The topological polar surface area (TPSA) is 37.3 Å². The van der Waals surface area contributed by atoms with Crippen molar-refractivity contribution in [3.63, 3.8) is 0 Å². The fourth-order valence-electron chi connectivity index (χ4n) is 2.45. The minimum Gasteiger partial charge on any atom is -0.481 e. The molecule has 0 unspecified atom stereocenters. The number of aliphatic carboxylic acids is 1. The Morgan fingerprint density at radius 3 is 2.67 bits per heavy atom. The molecular weight excluding hydrogens is 188 g/mol. The summed E-state index contributed by atoms with van der Waals surface area (Å²) in [6.07, 6.45) is 2.41. The van der Waals surface area contributed by atoms with E-state index in [2.05, 4.69) is 25.1 Å². The number of rotatable bonds is 3. The Kier molecular flexibility index (Phi) is 2.76. The maximum Gasteiger partial charge on any atom is 0.303 e. The first-order valence-electron chi connectivity index (χ1n) is 5.44. The molecule has 1 fully saturated rings. The van der Waals surface area contributed by atoms with E-state index >= 15 is 0 Å². The zero-order chi connectivity index (χ0) is 10.8. The number of hydrogen-bond acceptors (Lipinski definition) is 1. The average Bonchev–Trinajstić information content (AvgIpc) is 2.12. The second-order valence-electron chi connectivity index (χ2n) is 4.49. The number of carboxylic acids is 1. The highest BCUT2D eigenvalue weighted by Gasteiger charge is 2.32. The lowest BCUT2D eigenvalue weighted by Crippen LogP contribution is -2.24. The summed E-state index contributed by atoms with van der Waals surface area (Å²) in [6, 6.07) is 8.40. The van der Waals surface area contributed by atoms with Gasteiger partial charge in [-0.3, -0.25) is 4.79 Å². The third-order valence-electron chi connectivity index (χ3n) is 3.33. The Morgan fingerprint density at radius 2 is 2.07 bits per heavy atom. The molecule has 0 saturated heterocycles. The highest BCUT2D eigenvalue weighted by molar-refractivity contribution is 5.67. The normalized spacial score (nSPS) is 24.6. The first-order chi connectivity index (χ1) is 7.16. The van der Waals surface area contributed by atoms with E-state index in [4.69, 9.17) is 5.11 Å².